The van der Waals surface area contributed by atoms with Crippen molar-refractivity contribution in [2.24, 2.45) is 22.2 Å². The minimum atomic E-state index is 0.428. The molecule has 0 saturated heterocycles. The molecule has 0 nitrogen and oxygen atoms in total. The van der Waals surface area contributed by atoms with Crippen molar-refractivity contribution in [1.29, 1.82) is 0 Å². The molecule has 0 aromatic heterocycles. The Balaban J connectivity index is 2.63. The van der Waals surface area contributed by atoms with Crippen LogP contribution in [-0.4, -0.2) is 0 Å². The molecular formula is C15H30. The van der Waals surface area contributed by atoms with Gasteiger partial charge in [-0.1, -0.05) is 54.9 Å². The van der Waals surface area contributed by atoms with Crippen molar-refractivity contribution >= 4 is 0 Å². The summed E-state index contributed by atoms with van der Waals surface area (Å²) in [6, 6.07) is 0. The first-order valence-corrected chi connectivity index (χ1v) is 6.62. The van der Waals surface area contributed by atoms with Gasteiger partial charge >= 0.3 is 0 Å². The molecule has 0 aliphatic heterocycles. The third-order valence-electron chi connectivity index (χ3n) is 5.64. The first-order valence-electron chi connectivity index (χ1n) is 6.62. The van der Waals surface area contributed by atoms with Crippen molar-refractivity contribution in [3.8, 4) is 0 Å². The summed E-state index contributed by atoms with van der Waals surface area (Å²) in [5.41, 5.74) is 1.55. The van der Waals surface area contributed by atoms with E-state index >= 15 is 0 Å². The van der Waals surface area contributed by atoms with Gasteiger partial charge in [-0.2, -0.15) is 0 Å². The van der Waals surface area contributed by atoms with E-state index in [2.05, 4.69) is 48.5 Å². The maximum absolute atomic E-state index is 2.49. The van der Waals surface area contributed by atoms with Crippen LogP contribution in [0.25, 0.3) is 0 Å². The summed E-state index contributed by atoms with van der Waals surface area (Å²) in [5, 5.41) is 0. The van der Waals surface area contributed by atoms with Crippen LogP contribution in [0.2, 0.25) is 0 Å². The average molecular weight is 210 g/mol. The maximum Gasteiger partial charge on any atom is -0.0300 e. The van der Waals surface area contributed by atoms with Crippen molar-refractivity contribution < 1.29 is 0 Å². The van der Waals surface area contributed by atoms with Crippen LogP contribution in [0.5, 0.6) is 0 Å². The highest BCUT2D eigenvalue weighted by Crippen LogP contribution is 2.56. The molecule has 0 N–H and O–H groups in total. The Morgan fingerprint density at radius 2 is 1.67 bits per heavy atom. The van der Waals surface area contributed by atoms with Gasteiger partial charge in [-0.05, 0) is 41.4 Å². The molecule has 1 fully saturated rings. The van der Waals surface area contributed by atoms with E-state index in [0.29, 0.717) is 16.2 Å². The summed E-state index contributed by atoms with van der Waals surface area (Å²) in [6.45, 7) is 16.9. The van der Waals surface area contributed by atoms with E-state index in [9.17, 15) is 0 Å². The number of hydrogen-bond acceptors (Lipinski definition) is 0. The Morgan fingerprint density at radius 3 is 1.93 bits per heavy atom. The Bertz CT molecular complexity index is 215. The molecule has 0 aromatic carbocycles. The van der Waals surface area contributed by atoms with Crippen LogP contribution >= 0.6 is 0 Å². The van der Waals surface area contributed by atoms with Crippen LogP contribution < -0.4 is 0 Å². The third-order valence-corrected chi connectivity index (χ3v) is 5.64. The quantitative estimate of drug-likeness (QED) is 0.595. The zero-order valence-electron chi connectivity index (χ0n) is 11.9. The molecule has 1 rings (SSSR count). The monoisotopic (exact) mass is 210 g/mol. The first-order chi connectivity index (χ1) is 6.62. The molecular weight excluding hydrogens is 180 g/mol. The third kappa shape index (κ3) is 2.40. The molecule has 0 amide bonds. The van der Waals surface area contributed by atoms with E-state index in [1.54, 1.807) is 0 Å². The van der Waals surface area contributed by atoms with Gasteiger partial charge in [-0.15, -0.1) is 0 Å². The van der Waals surface area contributed by atoms with Gasteiger partial charge in [0.05, 0.1) is 0 Å². The standard InChI is InChI=1S/C15H30/c1-8-15(7)10-9-12(15)11-14(5,6)13(2,3)4/h12H,8-11H2,1-7H3. The molecule has 0 spiro atoms. The van der Waals surface area contributed by atoms with Gasteiger partial charge in [0.1, 0.15) is 0 Å². The van der Waals surface area contributed by atoms with Crippen molar-refractivity contribution in [3.63, 3.8) is 0 Å². The zero-order chi connectivity index (χ0) is 11.9. The highest BCUT2D eigenvalue weighted by molar-refractivity contribution is 4.96. The molecule has 2 atom stereocenters. The Morgan fingerprint density at radius 1 is 1.13 bits per heavy atom. The molecule has 15 heavy (non-hydrogen) atoms. The largest absolute Gasteiger partial charge is 0.0649 e. The van der Waals surface area contributed by atoms with E-state index in [-0.39, 0.29) is 0 Å². The van der Waals surface area contributed by atoms with Crippen LogP contribution in [0.4, 0.5) is 0 Å². The van der Waals surface area contributed by atoms with Crippen LogP contribution in [0, 0.1) is 22.2 Å². The number of rotatable bonds is 3. The summed E-state index contributed by atoms with van der Waals surface area (Å²) in [7, 11) is 0. The summed E-state index contributed by atoms with van der Waals surface area (Å²) < 4.78 is 0. The van der Waals surface area contributed by atoms with Gasteiger partial charge in [-0.3, -0.25) is 0 Å². The smallest absolute Gasteiger partial charge is 0.0300 e. The van der Waals surface area contributed by atoms with Crippen molar-refractivity contribution in [3.05, 3.63) is 0 Å². The predicted molar refractivity (Wildman–Crippen MR) is 69.0 cm³/mol. The van der Waals surface area contributed by atoms with E-state index in [1.165, 1.54) is 25.7 Å². The molecule has 1 aliphatic rings. The second-order valence-corrected chi connectivity index (χ2v) is 7.58. The SMILES string of the molecule is CCC1(C)CCC1CC(C)(C)C(C)(C)C. The van der Waals surface area contributed by atoms with Gasteiger partial charge in [0.15, 0.2) is 0 Å². The summed E-state index contributed by atoms with van der Waals surface area (Å²) >= 11 is 0. The Kier molecular flexibility index (Phi) is 3.30. The average Bonchev–Trinajstić information content (AvgIpc) is 2.09. The lowest BCUT2D eigenvalue weighted by atomic mass is 9.53. The summed E-state index contributed by atoms with van der Waals surface area (Å²) in [6.07, 6.45) is 5.68. The predicted octanol–water partition coefficient (Wildman–Crippen LogP) is 5.28. The second kappa shape index (κ2) is 3.79. The van der Waals surface area contributed by atoms with E-state index < -0.39 is 0 Å². The molecule has 0 heteroatoms. The fourth-order valence-electron chi connectivity index (χ4n) is 2.58. The zero-order valence-corrected chi connectivity index (χ0v) is 11.9. The van der Waals surface area contributed by atoms with Gasteiger partial charge in [0.25, 0.3) is 0 Å². The fourth-order valence-corrected chi connectivity index (χ4v) is 2.58. The second-order valence-electron chi connectivity index (χ2n) is 7.58. The highest BCUT2D eigenvalue weighted by atomic mass is 14.5. The minimum absolute atomic E-state index is 0.428. The maximum atomic E-state index is 2.49. The van der Waals surface area contributed by atoms with Crippen LogP contribution in [0.1, 0.15) is 74.1 Å². The van der Waals surface area contributed by atoms with E-state index in [0.717, 1.165) is 5.92 Å². The summed E-state index contributed by atoms with van der Waals surface area (Å²) in [5.74, 6) is 0.969. The van der Waals surface area contributed by atoms with Crippen LogP contribution in [-0.2, 0) is 0 Å². The molecule has 0 bridgehead atoms. The van der Waals surface area contributed by atoms with Gasteiger partial charge < -0.3 is 0 Å². The molecule has 0 heterocycles. The fraction of sp³-hybridized carbons (Fsp3) is 1.00. The van der Waals surface area contributed by atoms with E-state index in [1.807, 2.05) is 0 Å². The van der Waals surface area contributed by atoms with Crippen LogP contribution in [0.3, 0.4) is 0 Å². The van der Waals surface area contributed by atoms with Gasteiger partial charge in [0, 0.05) is 0 Å². The lowest BCUT2D eigenvalue weighted by Gasteiger charge is -2.52. The van der Waals surface area contributed by atoms with E-state index in [4.69, 9.17) is 0 Å². The van der Waals surface area contributed by atoms with Gasteiger partial charge in [-0.25, -0.2) is 0 Å². The molecule has 2 unspecified atom stereocenters. The Labute approximate surface area is 96.8 Å². The lowest BCUT2D eigenvalue weighted by molar-refractivity contribution is -0.0197. The first kappa shape index (κ1) is 13.1. The topological polar surface area (TPSA) is 0 Å². The number of hydrogen-bond donors (Lipinski definition) is 0. The molecule has 0 aromatic rings. The molecule has 90 valence electrons. The molecule has 0 radical (unpaired) electrons. The van der Waals surface area contributed by atoms with Gasteiger partial charge in [0.2, 0.25) is 0 Å². The van der Waals surface area contributed by atoms with Crippen LogP contribution in [0.15, 0.2) is 0 Å². The van der Waals surface area contributed by atoms with Crippen molar-refractivity contribution in [1.82, 2.24) is 0 Å². The van der Waals surface area contributed by atoms with Crippen molar-refractivity contribution in [2.75, 3.05) is 0 Å². The minimum Gasteiger partial charge on any atom is -0.0649 e. The lowest BCUT2D eigenvalue weighted by Crippen LogP contribution is -2.42. The molecule has 1 saturated carbocycles. The Hall–Kier alpha value is 0. The highest BCUT2D eigenvalue weighted by Gasteiger charge is 2.45. The van der Waals surface area contributed by atoms with Crippen molar-refractivity contribution in [2.45, 2.75) is 74.1 Å². The molecule has 1 aliphatic carbocycles. The normalized spacial score (nSPS) is 32.6. The summed E-state index contributed by atoms with van der Waals surface area (Å²) in [4.78, 5) is 0.